The molecule has 0 bridgehead atoms. The van der Waals surface area contributed by atoms with Crippen LogP contribution in [0, 0.1) is 0 Å². The summed E-state index contributed by atoms with van der Waals surface area (Å²) in [6, 6.07) is 3.20. The van der Waals surface area contributed by atoms with Crippen LogP contribution in [0.2, 0.25) is 0 Å². The number of hydrogen-bond acceptors (Lipinski definition) is 37. The minimum atomic E-state index is -5.53. The molecule has 0 aromatic heterocycles. The summed E-state index contributed by atoms with van der Waals surface area (Å²) in [5.74, 6) is -12.1. The molecule has 5 saturated heterocycles. The third-order valence-electron chi connectivity index (χ3n) is 19.3. The van der Waals surface area contributed by atoms with Crippen LogP contribution in [0.5, 0.6) is 0 Å². The number of carbonyl (C=O) groups excluding carboxylic acids is 9. The van der Waals surface area contributed by atoms with Gasteiger partial charge in [0.1, 0.15) is 97.5 Å². The van der Waals surface area contributed by atoms with Gasteiger partial charge < -0.3 is 164 Å². The zero-order valence-electron chi connectivity index (χ0n) is 65.3. The van der Waals surface area contributed by atoms with Gasteiger partial charge in [-0.3, -0.25) is 47.7 Å². The SMILES string of the molecule is CCC(=O)O[C@H](CC)CC(=O)NC1[C@H](OCCNC(=O)CCC(=O)NCCO[C@@H]2OC(CO)[C@@H](O[C@@H]3OC(CO)C[C@H](O[C@]4(C(=O)O)C[C@@H](O)[C@@H](NC(=O)Cc5ccccc5)C([C@H](O)[C@H](O)CO)O4)C3O)[C@H](O)C2O)OC(CO[C@@H]2OC(CO)[C@@H](OP(=O)(O)O)[C@H](OC(=O)CC)C2NC(=O)C[C@@H](CC)OC(=O)CC)[C@@H](O)[C@@H]1OC(=O)CC. The molecule has 6 rings (SSSR count). The van der Waals surface area contributed by atoms with Gasteiger partial charge in [-0.25, -0.2) is 9.36 Å². The monoisotopic (exact) mass is 1710 g/mol. The number of carbonyl (C=O) groups is 10. The first-order chi connectivity index (χ1) is 55.5. The van der Waals surface area contributed by atoms with Crippen molar-refractivity contribution in [3.63, 3.8) is 0 Å². The van der Waals surface area contributed by atoms with Crippen molar-refractivity contribution in [1.82, 2.24) is 26.6 Å². The second kappa shape index (κ2) is 48.0. The zero-order chi connectivity index (χ0) is 86.6. The Bertz CT molecular complexity index is 3390. The minimum Gasteiger partial charge on any atom is -0.477 e. The van der Waals surface area contributed by atoms with Crippen molar-refractivity contribution in [2.45, 2.75) is 290 Å². The van der Waals surface area contributed by atoms with Crippen molar-refractivity contribution >= 4 is 67.2 Å². The van der Waals surface area contributed by atoms with Crippen molar-refractivity contribution in [2.75, 3.05) is 59.3 Å². The van der Waals surface area contributed by atoms with Crippen LogP contribution in [0.15, 0.2) is 30.3 Å². The molecule has 5 amide bonds. The highest BCUT2D eigenvalue weighted by Gasteiger charge is 2.60. The van der Waals surface area contributed by atoms with Crippen molar-refractivity contribution in [3.8, 4) is 0 Å². The largest absolute Gasteiger partial charge is 0.477 e. The highest BCUT2D eigenvalue weighted by atomic mass is 31.2. The lowest BCUT2D eigenvalue weighted by molar-refractivity contribution is -0.372. The number of hydrogen-bond donors (Lipinski definition) is 19. The molecule has 19 N–H and O–H groups in total. The molecule has 5 aliphatic heterocycles. The summed E-state index contributed by atoms with van der Waals surface area (Å²) in [5, 5.41) is 144. The van der Waals surface area contributed by atoms with Gasteiger partial charge in [0.25, 0.3) is 5.79 Å². The van der Waals surface area contributed by atoms with Gasteiger partial charge in [0.2, 0.25) is 29.5 Å². The van der Waals surface area contributed by atoms with E-state index in [9.17, 15) is 124 Å². The van der Waals surface area contributed by atoms with Gasteiger partial charge in [0.15, 0.2) is 37.4 Å². The Hall–Kier alpha value is -6.81. The van der Waals surface area contributed by atoms with Crippen LogP contribution >= 0.6 is 7.82 Å². The van der Waals surface area contributed by atoms with E-state index in [1.807, 2.05) is 0 Å². The maximum absolute atomic E-state index is 13.9. The molecule has 0 aliphatic carbocycles. The number of amides is 5. The molecular weight excluding hydrogens is 1590 g/mol. The molecule has 27 atom stereocenters. The van der Waals surface area contributed by atoms with E-state index >= 15 is 0 Å². The third-order valence-corrected chi connectivity index (χ3v) is 19.9. The Morgan fingerprint density at radius 3 is 1.57 bits per heavy atom. The summed E-state index contributed by atoms with van der Waals surface area (Å²) >= 11 is 0. The Kier molecular flexibility index (Phi) is 40.6. The molecule has 46 heteroatoms. The van der Waals surface area contributed by atoms with Crippen LogP contribution in [-0.2, 0) is 130 Å². The van der Waals surface area contributed by atoms with Crippen molar-refractivity contribution in [2.24, 2.45) is 0 Å². The van der Waals surface area contributed by atoms with Crippen LogP contribution in [-0.4, -0.2) is 355 Å². The van der Waals surface area contributed by atoms with Crippen molar-refractivity contribution in [3.05, 3.63) is 35.9 Å². The Labute approximate surface area is 671 Å². The first-order valence-electron chi connectivity index (χ1n) is 38.4. The van der Waals surface area contributed by atoms with Gasteiger partial charge >= 0.3 is 37.7 Å². The maximum Gasteiger partial charge on any atom is 0.470 e. The molecule has 117 heavy (non-hydrogen) atoms. The van der Waals surface area contributed by atoms with Gasteiger partial charge in [-0.15, -0.1) is 0 Å². The molecule has 0 radical (unpaired) electrons. The fourth-order valence-corrected chi connectivity index (χ4v) is 13.6. The van der Waals surface area contributed by atoms with Gasteiger partial charge in [0.05, 0.1) is 89.9 Å². The normalized spacial score (nSPS) is 31.6. The quantitative estimate of drug-likeness (QED) is 0.0125. The fourth-order valence-electron chi connectivity index (χ4n) is 13.1. The lowest BCUT2D eigenvalue weighted by atomic mass is 9.88. The van der Waals surface area contributed by atoms with Crippen molar-refractivity contribution < 1.29 is 194 Å². The number of rotatable bonds is 46. The number of aliphatic hydroxyl groups is 11. The van der Waals surface area contributed by atoms with E-state index in [0.29, 0.717) is 5.56 Å². The molecule has 666 valence electrons. The topological polar surface area (TPSA) is 670 Å². The highest BCUT2D eigenvalue weighted by molar-refractivity contribution is 7.46. The summed E-state index contributed by atoms with van der Waals surface area (Å²) in [4.78, 5) is 151. The number of ether oxygens (including phenoxy) is 14. The van der Waals surface area contributed by atoms with Crippen molar-refractivity contribution in [1.29, 1.82) is 0 Å². The minimum absolute atomic E-state index is 0.0346. The van der Waals surface area contributed by atoms with Crippen LogP contribution in [0.4, 0.5) is 0 Å². The van der Waals surface area contributed by atoms with E-state index in [4.69, 9.17) is 70.8 Å². The number of nitrogens with one attached hydrogen (secondary N) is 5. The predicted octanol–water partition coefficient (Wildman–Crippen LogP) is -6.76. The summed E-state index contributed by atoms with van der Waals surface area (Å²) in [7, 11) is -5.53. The first kappa shape index (κ1) is 99.0. The van der Waals surface area contributed by atoms with Crippen LogP contribution < -0.4 is 26.6 Å². The van der Waals surface area contributed by atoms with Crippen LogP contribution in [0.3, 0.4) is 0 Å². The maximum atomic E-state index is 13.9. The first-order valence-corrected chi connectivity index (χ1v) is 40.0. The number of phosphoric acid groups is 1. The smallest absolute Gasteiger partial charge is 0.470 e. The zero-order valence-corrected chi connectivity index (χ0v) is 66.2. The fraction of sp³-hybridized carbons (Fsp3) is 0.775. The summed E-state index contributed by atoms with van der Waals surface area (Å²) in [6.45, 7) is 2.58. The van der Waals surface area contributed by atoms with E-state index in [1.54, 1.807) is 44.2 Å². The molecule has 5 aliphatic rings. The highest BCUT2D eigenvalue weighted by Crippen LogP contribution is 2.43. The van der Waals surface area contributed by atoms with E-state index in [0.717, 1.165) is 0 Å². The molecule has 5 fully saturated rings. The van der Waals surface area contributed by atoms with Gasteiger partial charge in [-0.2, -0.15) is 0 Å². The molecule has 0 spiro atoms. The molecular formula is C71H112N5O40P. The lowest BCUT2D eigenvalue weighted by Gasteiger charge is -2.49. The molecule has 1 aromatic carbocycles. The molecule has 1 aromatic rings. The van der Waals surface area contributed by atoms with Gasteiger partial charge in [0, 0.05) is 64.5 Å². The number of benzene rings is 1. The standard InChI is InChI=1S/C71H112N5O40P/c1-7-35(105-49(88)9-3)26-47(86)75-54-63(111-51(90)11-5)57(93)43(33-104-67-55(76-48(87)27-36(8-2)106-50(89)10-4)65(112-52(91)12-6)62(42(32-80)108-67)116-117(99,100)101)110-66(54)102-22-20-72-44(83)18-19-45(84)73-21-23-103-68-60(96)59(95)61(41(31-79)109-68)113-69-58(94)40(25-37(29-77)107-69)114-71(70(97)98)28-38(81)53(64(115-71)56(92)39(82)30-78)74-46(85)24-34-16-14-13-15-17-34/h13-17,35-43,53-69,77-82,92-96H,7-12,18-33H2,1-6H3,(H,72,83)(H,73,84)(H,74,85)(H,75,86)(H,76,87)(H,97,98)(H2,99,100,101)/t35-,36-,37?,38-,39-,40+,41?,42?,43?,53-,54?,55?,56-,57-,58?,59-,60?,61-,62-,63-,64?,65-,66-,67-,68-,69+,71-/m1/s1. The Balaban J connectivity index is 1.08. The second-order valence-corrected chi connectivity index (χ2v) is 29.2. The average Bonchev–Trinajstić information content (AvgIpc) is 0.761. The molecule has 9 unspecified atom stereocenters. The van der Waals surface area contributed by atoms with Gasteiger partial charge in [-0.05, 0) is 18.4 Å². The number of carboxylic acids is 1. The van der Waals surface area contributed by atoms with Crippen LogP contribution in [0.1, 0.15) is 124 Å². The van der Waals surface area contributed by atoms with E-state index in [1.165, 1.54) is 27.7 Å². The molecule has 45 nitrogen and oxygen atoms in total. The van der Waals surface area contributed by atoms with Gasteiger partial charge in [-0.1, -0.05) is 71.9 Å². The average molecular weight is 1710 g/mol. The van der Waals surface area contributed by atoms with E-state index in [-0.39, 0.29) is 58.0 Å². The number of phosphoric ester groups is 1. The second-order valence-electron chi connectivity index (χ2n) is 28.0. The summed E-state index contributed by atoms with van der Waals surface area (Å²) in [6.07, 6.45) is -45.6. The number of esters is 4. The third kappa shape index (κ3) is 29.2. The summed E-state index contributed by atoms with van der Waals surface area (Å²) < 4.78 is 98.3. The number of aliphatic carboxylic acids is 1. The van der Waals surface area contributed by atoms with E-state index in [2.05, 4.69) is 26.6 Å². The number of aliphatic hydroxyl groups excluding tert-OH is 11. The molecule has 5 heterocycles. The molecule has 0 saturated carbocycles. The lowest BCUT2D eigenvalue weighted by Crippen LogP contribution is -2.69. The predicted molar refractivity (Wildman–Crippen MR) is 386 cm³/mol. The summed E-state index contributed by atoms with van der Waals surface area (Å²) in [5.41, 5.74) is 0.527. The number of carboxylic acid groups (broad SMARTS) is 1. The van der Waals surface area contributed by atoms with E-state index < -0.39 is 317 Å². The Morgan fingerprint density at radius 2 is 1.06 bits per heavy atom. The Morgan fingerprint density at radius 1 is 0.556 bits per heavy atom. The van der Waals surface area contributed by atoms with Crippen LogP contribution in [0.25, 0.3) is 0 Å².